The maximum absolute atomic E-state index is 11.0. The molecular weight excluding hydrogens is 264 g/mol. The van der Waals surface area contributed by atoms with Gasteiger partial charge in [0.2, 0.25) is 0 Å². The minimum Gasteiger partial charge on any atom is -0.480 e. The number of rotatable bonds is 6. The molecule has 0 amide bonds. The highest BCUT2D eigenvalue weighted by molar-refractivity contribution is 5.77. The molecule has 2 fully saturated rings. The topological polar surface area (TPSA) is 66.6 Å². The lowest BCUT2D eigenvalue weighted by molar-refractivity contribution is -0.142. The van der Waals surface area contributed by atoms with Gasteiger partial charge in [0.15, 0.2) is 0 Å². The summed E-state index contributed by atoms with van der Waals surface area (Å²) in [4.78, 5) is 13.5. The van der Waals surface area contributed by atoms with Gasteiger partial charge in [0.25, 0.3) is 0 Å². The van der Waals surface area contributed by atoms with Gasteiger partial charge in [-0.15, -0.1) is 0 Å². The molecule has 2 rings (SSSR count). The average Bonchev–Trinajstić information content (AvgIpc) is 2.46. The molecule has 1 atom stereocenters. The molecule has 1 unspecified atom stereocenters. The van der Waals surface area contributed by atoms with Crippen LogP contribution in [0.5, 0.6) is 0 Å². The molecule has 1 aliphatic carbocycles. The first-order valence-corrected chi connectivity index (χ1v) is 8.68. The third kappa shape index (κ3) is 4.68. The van der Waals surface area contributed by atoms with Gasteiger partial charge in [-0.25, -0.2) is 0 Å². The van der Waals surface area contributed by atoms with E-state index >= 15 is 0 Å². The van der Waals surface area contributed by atoms with E-state index in [0.29, 0.717) is 11.8 Å². The zero-order valence-corrected chi connectivity index (χ0v) is 13.6. The van der Waals surface area contributed by atoms with Crippen LogP contribution in [0.25, 0.3) is 0 Å². The molecule has 1 spiro atoms. The molecule has 122 valence electrons. The summed E-state index contributed by atoms with van der Waals surface area (Å²) in [6.07, 6.45) is 12.5. The summed E-state index contributed by atoms with van der Waals surface area (Å²) in [5.41, 5.74) is 5.37. The highest BCUT2D eigenvalue weighted by Gasteiger charge is 2.35. The summed E-state index contributed by atoms with van der Waals surface area (Å²) in [7, 11) is 0. The lowest BCUT2D eigenvalue weighted by Crippen LogP contribution is -2.45. The molecule has 1 saturated heterocycles. The number of aliphatic carboxylic acids is 1. The Balaban J connectivity index is 1.62. The fraction of sp³-hybridized carbons (Fsp3) is 0.941. The minimum atomic E-state index is -1.06. The Morgan fingerprint density at radius 2 is 1.76 bits per heavy atom. The van der Waals surface area contributed by atoms with E-state index in [2.05, 4.69) is 4.90 Å². The Kier molecular flexibility index (Phi) is 5.67. The molecule has 2 aliphatic rings. The summed E-state index contributed by atoms with van der Waals surface area (Å²) in [6, 6.07) is 0. The lowest BCUT2D eigenvalue weighted by Gasteiger charge is -2.44. The molecule has 1 heterocycles. The molecule has 1 aliphatic heterocycles. The third-order valence-electron chi connectivity index (χ3n) is 5.74. The Hall–Kier alpha value is -0.610. The van der Waals surface area contributed by atoms with Gasteiger partial charge in [-0.2, -0.15) is 0 Å². The highest BCUT2D eigenvalue weighted by Crippen LogP contribution is 2.44. The molecule has 21 heavy (non-hydrogen) atoms. The predicted molar refractivity (Wildman–Crippen MR) is 85.3 cm³/mol. The van der Waals surface area contributed by atoms with Gasteiger partial charge >= 0.3 is 5.97 Å². The van der Waals surface area contributed by atoms with Crippen molar-refractivity contribution in [1.29, 1.82) is 0 Å². The second-order valence-electron chi connectivity index (χ2n) is 7.58. The largest absolute Gasteiger partial charge is 0.480 e. The number of nitrogens with two attached hydrogens (primary N) is 1. The Morgan fingerprint density at radius 1 is 1.14 bits per heavy atom. The van der Waals surface area contributed by atoms with Crippen LogP contribution in [-0.2, 0) is 4.79 Å². The molecule has 0 radical (unpaired) electrons. The SMILES string of the molecule is CC(N)(CCCCN1CCC2(CCCCC2)CC1)C(=O)O. The number of hydrogen-bond donors (Lipinski definition) is 2. The van der Waals surface area contributed by atoms with Crippen LogP contribution in [0.4, 0.5) is 0 Å². The van der Waals surface area contributed by atoms with E-state index < -0.39 is 11.5 Å². The van der Waals surface area contributed by atoms with E-state index in [1.165, 1.54) is 58.0 Å². The molecule has 0 bridgehead atoms. The first kappa shape index (κ1) is 16.8. The number of carboxylic acid groups (broad SMARTS) is 1. The first-order valence-electron chi connectivity index (χ1n) is 8.68. The van der Waals surface area contributed by atoms with E-state index in [1.807, 2.05) is 0 Å². The van der Waals surface area contributed by atoms with Gasteiger partial charge in [-0.3, -0.25) is 4.79 Å². The lowest BCUT2D eigenvalue weighted by atomic mass is 9.68. The first-order chi connectivity index (χ1) is 9.94. The summed E-state index contributed by atoms with van der Waals surface area (Å²) >= 11 is 0. The molecule has 4 heteroatoms. The number of carbonyl (C=O) groups is 1. The maximum Gasteiger partial charge on any atom is 0.323 e. The highest BCUT2D eigenvalue weighted by atomic mass is 16.4. The number of likely N-dealkylation sites (tertiary alicyclic amines) is 1. The molecule has 0 aromatic rings. The summed E-state index contributed by atoms with van der Waals surface area (Å²) < 4.78 is 0. The quantitative estimate of drug-likeness (QED) is 0.739. The molecule has 0 aromatic heterocycles. The maximum atomic E-state index is 11.0. The predicted octanol–water partition coefficient (Wildman–Crippen LogP) is 3.01. The van der Waals surface area contributed by atoms with Crippen LogP contribution < -0.4 is 5.73 Å². The van der Waals surface area contributed by atoms with Gasteiger partial charge in [0.1, 0.15) is 5.54 Å². The van der Waals surface area contributed by atoms with Gasteiger partial charge in [-0.1, -0.05) is 19.3 Å². The number of carboxylic acids is 1. The van der Waals surface area contributed by atoms with E-state index in [9.17, 15) is 4.79 Å². The summed E-state index contributed by atoms with van der Waals surface area (Å²) in [5.74, 6) is -0.889. The van der Waals surface area contributed by atoms with E-state index in [4.69, 9.17) is 10.8 Å². The van der Waals surface area contributed by atoms with Crippen molar-refractivity contribution >= 4 is 5.97 Å². The van der Waals surface area contributed by atoms with Crippen LogP contribution in [0.2, 0.25) is 0 Å². The number of hydrogen-bond acceptors (Lipinski definition) is 3. The van der Waals surface area contributed by atoms with Crippen LogP contribution in [0, 0.1) is 5.41 Å². The Morgan fingerprint density at radius 3 is 2.33 bits per heavy atom. The monoisotopic (exact) mass is 296 g/mol. The van der Waals surface area contributed by atoms with Crippen LogP contribution in [0.15, 0.2) is 0 Å². The minimum absolute atomic E-state index is 0.570. The molecule has 3 N–H and O–H groups in total. The van der Waals surface area contributed by atoms with Crippen molar-refractivity contribution in [3.8, 4) is 0 Å². The third-order valence-corrected chi connectivity index (χ3v) is 5.74. The zero-order chi connectivity index (χ0) is 15.3. The zero-order valence-electron chi connectivity index (χ0n) is 13.6. The second-order valence-corrected chi connectivity index (χ2v) is 7.58. The molecule has 4 nitrogen and oxygen atoms in total. The van der Waals surface area contributed by atoms with Gasteiger partial charge in [0.05, 0.1) is 0 Å². The van der Waals surface area contributed by atoms with Crippen molar-refractivity contribution in [3.05, 3.63) is 0 Å². The standard InChI is InChI=1S/C17H32N2O2/c1-16(18,15(20)21)7-5-6-12-19-13-10-17(11-14-19)8-3-2-4-9-17/h2-14,18H2,1H3,(H,20,21). The Labute approximate surface area is 129 Å². The van der Waals surface area contributed by atoms with Crippen molar-refractivity contribution < 1.29 is 9.90 Å². The van der Waals surface area contributed by atoms with Crippen molar-refractivity contribution in [1.82, 2.24) is 4.90 Å². The van der Waals surface area contributed by atoms with E-state index in [0.717, 1.165) is 19.4 Å². The van der Waals surface area contributed by atoms with Crippen LogP contribution in [-0.4, -0.2) is 41.1 Å². The fourth-order valence-electron chi connectivity index (χ4n) is 3.99. The van der Waals surface area contributed by atoms with Crippen molar-refractivity contribution in [2.75, 3.05) is 19.6 Å². The van der Waals surface area contributed by atoms with Crippen molar-refractivity contribution in [2.45, 2.75) is 76.7 Å². The van der Waals surface area contributed by atoms with Crippen LogP contribution in [0.3, 0.4) is 0 Å². The van der Waals surface area contributed by atoms with Crippen molar-refractivity contribution in [2.24, 2.45) is 11.1 Å². The van der Waals surface area contributed by atoms with Crippen LogP contribution >= 0.6 is 0 Å². The molecular formula is C17H32N2O2. The van der Waals surface area contributed by atoms with Crippen molar-refractivity contribution in [3.63, 3.8) is 0 Å². The number of unbranched alkanes of at least 4 members (excludes halogenated alkanes) is 1. The molecule has 1 saturated carbocycles. The average molecular weight is 296 g/mol. The fourth-order valence-corrected chi connectivity index (χ4v) is 3.99. The summed E-state index contributed by atoms with van der Waals surface area (Å²) in [5, 5.41) is 8.99. The number of nitrogens with zero attached hydrogens (tertiary/aromatic N) is 1. The number of piperidine rings is 1. The smallest absolute Gasteiger partial charge is 0.323 e. The Bertz CT molecular complexity index is 339. The van der Waals surface area contributed by atoms with Gasteiger partial charge < -0.3 is 15.7 Å². The molecule has 0 aromatic carbocycles. The van der Waals surface area contributed by atoms with Gasteiger partial charge in [-0.05, 0) is 76.9 Å². The van der Waals surface area contributed by atoms with Gasteiger partial charge in [0, 0.05) is 0 Å². The summed E-state index contributed by atoms with van der Waals surface area (Å²) in [6.45, 7) is 5.19. The van der Waals surface area contributed by atoms with E-state index in [-0.39, 0.29) is 0 Å². The van der Waals surface area contributed by atoms with E-state index in [1.54, 1.807) is 6.92 Å². The second kappa shape index (κ2) is 7.10. The normalized spacial score (nSPS) is 25.6. The van der Waals surface area contributed by atoms with Crippen LogP contribution in [0.1, 0.15) is 71.1 Å².